The molecular formula is C12H10INO. The van der Waals surface area contributed by atoms with Crippen molar-refractivity contribution in [1.29, 1.82) is 0 Å². The van der Waals surface area contributed by atoms with Gasteiger partial charge in [0.25, 0.3) is 0 Å². The van der Waals surface area contributed by atoms with Gasteiger partial charge < -0.3 is 4.74 Å². The monoisotopic (exact) mass is 311 g/mol. The number of aromatic nitrogens is 1. The van der Waals surface area contributed by atoms with Crippen LogP contribution in [0.1, 0.15) is 5.56 Å². The average molecular weight is 311 g/mol. The number of aryl methyl sites for hydroxylation is 1. The molecule has 76 valence electrons. The molecule has 1 aromatic carbocycles. The van der Waals surface area contributed by atoms with Crippen LogP contribution in [-0.2, 0) is 0 Å². The first-order valence-electron chi connectivity index (χ1n) is 4.60. The van der Waals surface area contributed by atoms with Crippen molar-refractivity contribution in [3.05, 3.63) is 51.9 Å². The van der Waals surface area contributed by atoms with E-state index < -0.39 is 0 Å². The van der Waals surface area contributed by atoms with Gasteiger partial charge in [-0.1, -0.05) is 12.1 Å². The summed E-state index contributed by atoms with van der Waals surface area (Å²) in [7, 11) is 0. The SMILES string of the molecule is Cc1cnccc1Oc1ccccc1I. The number of para-hydroxylation sites is 1. The molecule has 0 fully saturated rings. The molecule has 0 saturated carbocycles. The lowest BCUT2D eigenvalue weighted by Gasteiger charge is -2.08. The van der Waals surface area contributed by atoms with Crippen LogP contribution < -0.4 is 4.74 Å². The fourth-order valence-electron chi connectivity index (χ4n) is 1.22. The Kier molecular flexibility index (Phi) is 3.20. The summed E-state index contributed by atoms with van der Waals surface area (Å²) < 4.78 is 6.90. The van der Waals surface area contributed by atoms with Gasteiger partial charge in [-0.2, -0.15) is 0 Å². The molecular weight excluding hydrogens is 301 g/mol. The number of nitrogens with zero attached hydrogens (tertiary/aromatic N) is 1. The zero-order valence-corrected chi connectivity index (χ0v) is 10.4. The first kappa shape index (κ1) is 10.4. The lowest BCUT2D eigenvalue weighted by Crippen LogP contribution is -1.89. The van der Waals surface area contributed by atoms with Crippen molar-refractivity contribution in [3.63, 3.8) is 0 Å². The van der Waals surface area contributed by atoms with Gasteiger partial charge in [0.05, 0.1) is 3.57 Å². The molecule has 0 unspecified atom stereocenters. The van der Waals surface area contributed by atoms with E-state index in [1.165, 1.54) is 0 Å². The van der Waals surface area contributed by atoms with Crippen molar-refractivity contribution < 1.29 is 4.74 Å². The average Bonchev–Trinajstić information content (AvgIpc) is 2.24. The number of benzene rings is 1. The summed E-state index contributed by atoms with van der Waals surface area (Å²) in [6.45, 7) is 1.98. The normalized spacial score (nSPS) is 10.0. The largest absolute Gasteiger partial charge is 0.456 e. The number of hydrogen-bond donors (Lipinski definition) is 0. The van der Waals surface area contributed by atoms with Crippen LogP contribution in [0.15, 0.2) is 42.7 Å². The van der Waals surface area contributed by atoms with E-state index in [9.17, 15) is 0 Å². The molecule has 2 nitrogen and oxygen atoms in total. The predicted octanol–water partition coefficient (Wildman–Crippen LogP) is 3.79. The number of rotatable bonds is 2. The van der Waals surface area contributed by atoms with Gasteiger partial charge in [-0.05, 0) is 47.7 Å². The van der Waals surface area contributed by atoms with Crippen LogP contribution in [0.25, 0.3) is 0 Å². The fourth-order valence-corrected chi connectivity index (χ4v) is 1.72. The van der Waals surface area contributed by atoms with E-state index in [0.29, 0.717) is 0 Å². The summed E-state index contributed by atoms with van der Waals surface area (Å²) in [6, 6.07) is 9.81. The summed E-state index contributed by atoms with van der Waals surface area (Å²) in [4.78, 5) is 4.03. The molecule has 15 heavy (non-hydrogen) atoms. The third kappa shape index (κ3) is 2.47. The molecule has 0 aliphatic heterocycles. The second-order valence-electron chi connectivity index (χ2n) is 3.17. The van der Waals surface area contributed by atoms with Gasteiger partial charge in [0.15, 0.2) is 0 Å². The van der Waals surface area contributed by atoms with Crippen molar-refractivity contribution >= 4 is 22.6 Å². The lowest BCUT2D eigenvalue weighted by molar-refractivity contribution is 0.474. The van der Waals surface area contributed by atoms with Gasteiger partial charge in [0, 0.05) is 18.0 Å². The summed E-state index contributed by atoms with van der Waals surface area (Å²) in [6.07, 6.45) is 3.53. The standard InChI is InChI=1S/C12H10INO/c1-9-8-14-7-6-11(9)15-12-5-3-2-4-10(12)13/h2-8H,1H3. The summed E-state index contributed by atoms with van der Waals surface area (Å²) in [5.74, 6) is 1.74. The van der Waals surface area contributed by atoms with Crippen LogP contribution >= 0.6 is 22.6 Å². The van der Waals surface area contributed by atoms with E-state index in [1.807, 2.05) is 37.3 Å². The van der Waals surface area contributed by atoms with Crippen LogP contribution in [0, 0.1) is 10.5 Å². The highest BCUT2D eigenvalue weighted by molar-refractivity contribution is 14.1. The Hall–Kier alpha value is -1.10. The number of hydrogen-bond acceptors (Lipinski definition) is 2. The third-order valence-electron chi connectivity index (χ3n) is 2.03. The summed E-state index contributed by atoms with van der Waals surface area (Å²) in [5, 5.41) is 0. The third-order valence-corrected chi connectivity index (χ3v) is 2.92. The molecule has 1 heterocycles. The molecule has 0 radical (unpaired) electrons. The first-order chi connectivity index (χ1) is 7.27. The quantitative estimate of drug-likeness (QED) is 0.787. The van der Waals surface area contributed by atoms with Gasteiger partial charge in [-0.25, -0.2) is 0 Å². The fraction of sp³-hybridized carbons (Fsp3) is 0.0833. The van der Waals surface area contributed by atoms with Crippen LogP contribution in [0.2, 0.25) is 0 Å². The van der Waals surface area contributed by atoms with Crippen LogP contribution in [-0.4, -0.2) is 4.98 Å². The molecule has 0 amide bonds. The van der Waals surface area contributed by atoms with E-state index in [-0.39, 0.29) is 0 Å². The van der Waals surface area contributed by atoms with Gasteiger partial charge in [-0.15, -0.1) is 0 Å². The Labute approximate surface area is 102 Å². The molecule has 0 saturated heterocycles. The van der Waals surface area contributed by atoms with E-state index in [1.54, 1.807) is 12.4 Å². The molecule has 2 aromatic rings. The number of ether oxygens (including phenoxy) is 1. The van der Waals surface area contributed by atoms with Crippen molar-refractivity contribution in [3.8, 4) is 11.5 Å². The number of halogens is 1. The molecule has 3 heteroatoms. The maximum absolute atomic E-state index is 5.79. The topological polar surface area (TPSA) is 22.1 Å². The van der Waals surface area contributed by atoms with E-state index in [4.69, 9.17) is 4.74 Å². The van der Waals surface area contributed by atoms with Crippen molar-refractivity contribution in [2.45, 2.75) is 6.92 Å². The smallest absolute Gasteiger partial charge is 0.140 e. The van der Waals surface area contributed by atoms with Crippen LogP contribution in [0.3, 0.4) is 0 Å². The zero-order chi connectivity index (χ0) is 10.7. The Morgan fingerprint density at radius 2 is 1.93 bits per heavy atom. The highest BCUT2D eigenvalue weighted by Gasteiger charge is 2.03. The Balaban J connectivity index is 2.30. The van der Waals surface area contributed by atoms with Crippen LogP contribution in [0.4, 0.5) is 0 Å². The maximum atomic E-state index is 5.79. The van der Waals surface area contributed by atoms with Gasteiger partial charge in [0.2, 0.25) is 0 Å². The highest BCUT2D eigenvalue weighted by atomic mass is 127. The van der Waals surface area contributed by atoms with Crippen molar-refractivity contribution in [1.82, 2.24) is 4.98 Å². The molecule has 0 bridgehead atoms. The van der Waals surface area contributed by atoms with Crippen molar-refractivity contribution in [2.75, 3.05) is 0 Å². The molecule has 0 aliphatic rings. The number of pyridine rings is 1. The molecule has 0 aliphatic carbocycles. The Bertz CT molecular complexity index is 427. The van der Waals surface area contributed by atoms with E-state index >= 15 is 0 Å². The van der Waals surface area contributed by atoms with Crippen LogP contribution in [0.5, 0.6) is 11.5 Å². The molecule has 0 atom stereocenters. The van der Waals surface area contributed by atoms with E-state index in [0.717, 1.165) is 20.6 Å². The van der Waals surface area contributed by atoms with E-state index in [2.05, 4.69) is 27.6 Å². The molecule has 0 N–H and O–H groups in total. The predicted molar refractivity (Wildman–Crippen MR) is 68.2 cm³/mol. The summed E-state index contributed by atoms with van der Waals surface area (Å²) >= 11 is 2.26. The molecule has 1 aromatic heterocycles. The first-order valence-corrected chi connectivity index (χ1v) is 5.68. The Morgan fingerprint density at radius 1 is 1.13 bits per heavy atom. The van der Waals surface area contributed by atoms with Gasteiger partial charge >= 0.3 is 0 Å². The highest BCUT2D eigenvalue weighted by Crippen LogP contribution is 2.27. The van der Waals surface area contributed by atoms with Gasteiger partial charge in [0.1, 0.15) is 11.5 Å². The minimum Gasteiger partial charge on any atom is -0.456 e. The Morgan fingerprint density at radius 3 is 2.67 bits per heavy atom. The van der Waals surface area contributed by atoms with Gasteiger partial charge in [-0.3, -0.25) is 4.98 Å². The molecule has 0 spiro atoms. The molecule has 2 rings (SSSR count). The zero-order valence-electron chi connectivity index (χ0n) is 8.27. The second-order valence-corrected chi connectivity index (χ2v) is 4.34. The summed E-state index contributed by atoms with van der Waals surface area (Å²) in [5.41, 5.74) is 1.04. The lowest BCUT2D eigenvalue weighted by atomic mass is 10.3. The maximum Gasteiger partial charge on any atom is 0.140 e. The minimum atomic E-state index is 0.856. The van der Waals surface area contributed by atoms with Crippen molar-refractivity contribution in [2.24, 2.45) is 0 Å². The minimum absolute atomic E-state index is 0.856. The second kappa shape index (κ2) is 4.61.